The van der Waals surface area contributed by atoms with E-state index in [0.29, 0.717) is 24.3 Å². The van der Waals surface area contributed by atoms with Crippen LogP contribution in [0.4, 0.5) is 0 Å². The highest BCUT2D eigenvalue weighted by Crippen LogP contribution is 2.21. The van der Waals surface area contributed by atoms with E-state index in [1.54, 1.807) is 10.9 Å². The number of hydrogen-bond acceptors (Lipinski definition) is 4. The van der Waals surface area contributed by atoms with E-state index in [2.05, 4.69) is 32.7 Å². The molecule has 0 bridgehead atoms. The highest BCUT2D eigenvalue weighted by atomic mass is 16.2. The van der Waals surface area contributed by atoms with E-state index in [0.717, 1.165) is 18.7 Å². The molecule has 1 fully saturated rings. The van der Waals surface area contributed by atoms with Gasteiger partial charge in [-0.05, 0) is 18.1 Å². The molecule has 0 radical (unpaired) electrons. The van der Waals surface area contributed by atoms with Crippen molar-refractivity contribution >= 4 is 5.91 Å². The average Bonchev–Trinajstić information content (AvgIpc) is 3.31. The maximum Gasteiger partial charge on any atom is 0.257 e. The van der Waals surface area contributed by atoms with E-state index in [4.69, 9.17) is 0 Å². The Kier molecular flexibility index (Phi) is 4.53. The van der Waals surface area contributed by atoms with Gasteiger partial charge < -0.3 is 10.2 Å². The molecule has 2 aromatic heterocycles. The van der Waals surface area contributed by atoms with Crippen LogP contribution in [0.1, 0.15) is 15.9 Å². The number of carbonyl (C=O) groups is 1. The summed E-state index contributed by atoms with van der Waals surface area (Å²) in [7, 11) is 1.85. The first-order chi connectivity index (χ1) is 12.7. The number of aromatic amines is 1. The second-order valence-corrected chi connectivity index (χ2v) is 6.63. The molecular formula is C19H22N6O. The van der Waals surface area contributed by atoms with Gasteiger partial charge in [0.25, 0.3) is 5.91 Å². The Morgan fingerprint density at radius 1 is 1.27 bits per heavy atom. The fraction of sp³-hybridized carbons (Fsp3) is 0.316. The van der Waals surface area contributed by atoms with E-state index in [9.17, 15) is 4.79 Å². The zero-order valence-corrected chi connectivity index (χ0v) is 14.7. The number of aromatic nitrogens is 4. The fourth-order valence-electron chi connectivity index (χ4n) is 3.41. The monoisotopic (exact) mass is 350 g/mol. The number of hydrogen-bond donors (Lipinski definition) is 2. The van der Waals surface area contributed by atoms with Gasteiger partial charge in [-0.1, -0.05) is 30.3 Å². The fourth-order valence-corrected chi connectivity index (χ4v) is 3.41. The number of rotatable bonds is 4. The Morgan fingerprint density at radius 2 is 2.12 bits per heavy atom. The van der Waals surface area contributed by atoms with E-state index in [1.807, 2.05) is 42.4 Å². The Balaban J connectivity index is 1.49. The lowest BCUT2D eigenvalue weighted by atomic mass is 10.0. The summed E-state index contributed by atoms with van der Waals surface area (Å²) in [4.78, 5) is 15.0. The van der Waals surface area contributed by atoms with Gasteiger partial charge in [0.05, 0.1) is 17.5 Å². The van der Waals surface area contributed by atoms with Crippen molar-refractivity contribution in [2.24, 2.45) is 7.05 Å². The lowest BCUT2D eigenvalue weighted by Crippen LogP contribution is -2.53. The van der Waals surface area contributed by atoms with Crippen LogP contribution in [0.5, 0.6) is 0 Å². The highest BCUT2D eigenvalue weighted by Gasteiger charge is 2.27. The number of nitrogens with zero attached hydrogens (tertiary/aromatic N) is 4. The largest absolute Gasteiger partial charge is 0.336 e. The van der Waals surface area contributed by atoms with Crippen molar-refractivity contribution < 1.29 is 4.79 Å². The van der Waals surface area contributed by atoms with Crippen LogP contribution in [0.2, 0.25) is 0 Å². The summed E-state index contributed by atoms with van der Waals surface area (Å²) < 4.78 is 1.71. The maximum absolute atomic E-state index is 13.1. The molecule has 7 heteroatoms. The minimum Gasteiger partial charge on any atom is -0.336 e. The molecule has 0 saturated carbocycles. The molecule has 26 heavy (non-hydrogen) atoms. The smallest absolute Gasteiger partial charge is 0.257 e. The van der Waals surface area contributed by atoms with E-state index >= 15 is 0 Å². The summed E-state index contributed by atoms with van der Waals surface area (Å²) in [5.41, 5.74) is 3.25. The number of benzene rings is 1. The topological polar surface area (TPSA) is 78.8 Å². The summed E-state index contributed by atoms with van der Waals surface area (Å²) >= 11 is 0. The second-order valence-electron chi connectivity index (χ2n) is 6.63. The van der Waals surface area contributed by atoms with Crippen molar-refractivity contribution in [3.8, 4) is 11.4 Å². The molecular weight excluding hydrogens is 328 g/mol. The van der Waals surface area contributed by atoms with Gasteiger partial charge in [0.2, 0.25) is 0 Å². The summed E-state index contributed by atoms with van der Waals surface area (Å²) in [6.07, 6.45) is 4.36. The van der Waals surface area contributed by atoms with Gasteiger partial charge in [0.15, 0.2) is 0 Å². The second kappa shape index (κ2) is 7.13. The zero-order chi connectivity index (χ0) is 17.9. The molecule has 7 nitrogen and oxygen atoms in total. The number of H-pyrrole nitrogens is 1. The standard InChI is InChI=1S/C19H22N6O/c1-24-9-7-17(23-24)18-16(12-21-22-18)19(26)25-10-8-20-15(13-25)11-14-5-3-2-4-6-14/h2-7,9,12,15,20H,8,10-11,13H2,1H3,(H,21,22). The van der Waals surface area contributed by atoms with E-state index in [-0.39, 0.29) is 11.9 Å². The van der Waals surface area contributed by atoms with Crippen LogP contribution in [0.15, 0.2) is 48.8 Å². The summed E-state index contributed by atoms with van der Waals surface area (Å²) in [6, 6.07) is 12.5. The third-order valence-electron chi connectivity index (χ3n) is 4.71. The summed E-state index contributed by atoms with van der Waals surface area (Å²) in [6.45, 7) is 2.16. The molecule has 1 aromatic carbocycles. The van der Waals surface area contributed by atoms with Gasteiger partial charge in [-0.2, -0.15) is 10.2 Å². The van der Waals surface area contributed by atoms with Crippen LogP contribution in [0.25, 0.3) is 11.4 Å². The molecule has 2 N–H and O–H groups in total. The minimum atomic E-state index is -0.000959. The van der Waals surface area contributed by atoms with Crippen LogP contribution in [0, 0.1) is 0 Å². The Labute approximate surface area is 152 Å². The molecule has 0 spiro atoms. The Morgan fingerprint density at radius 3 is 2.88 bits per heavy atom. The molecule has 0 aliphatic carbocycles. The van der Waals surface area contributed by atoms with Crippen molar-refractivity contribution in [2.45, 2.75) is 12.5 Å². The first-order valence-electron chi connectivity index (χ1n) is 8.80. The highest BCUT2D eigenvalue weighted by molar-refractivity contribution is 5.99. The molecule has 1 unspecified atom stereocenters. The molecule has 3 aromatic rings. The zero-order valence-electron chi connectivity index (χ0n) is 14.7. The van der Waals surface area contributed by atoms with Gasteiger partial charge in [0.1, 0.15) is 5.69 Å². The molecule has 1 aliphatic heterocycles. The normalized spacial score (nSPS) is 17.4. The molecule has 3 heterocycles. The summed E-state index contributed by atoms with van der Waals surface area (Å²) in [5.74, 6) is -0.000959. The van der Waals surface area contributed by atoms with Crippen molar-refractivity contribution in [2.75, 3.05) is 19.6 Å². The first-order valence-corrected chi connectivity index (χ1v) is 8.80. The van der Waals surface area contributed by atoms with Crippen LogP contribution in [-0.4, -0.2) is 56.5 Å². The third kappa shape index (κ3) is 3.39. The minimum absolute atomic E-state index is 0.000959. The van der Waals surface area contributed by atoms with E-state index in [1.165, 1.54) is 5.56 Å². The molecule has 1 atom stereocenters. The average molecular weight is 350 g/mol. The molecule has 1 amide bonds. The number of nitrogens with one attached hydrogen (secondary N) is 2. The summed E-state index contributed by atoms with van der Waals surface area (Å²) in [5, 5.41) is 14.9. The molecule has 4 rings (SSSR count). The van der Waals surface area contributed by atoms with Gasteiger partial charge in [-0.3, -0.25) is 14.6 Å². The molecule has 1 saturated heterocycles. The maximum atomic E-state index is 13.1. The first kappa shape index (κ1) is 16.5. The van der Waals surface area contributed by atoms with Gasteiger partial charge in [0, 0.05) is 38.9 Å². The van der Waals surface area contributed by atoms with E-state index < -0.39 is 0 Å². The predicted molar refractivity (Wildman–Crippen MR) is 98.6 cm³/mol. The molecule has 134 valence electrons. The Hall–Kier alpha value is -2.93. The number of amides is 1. The number of aryl methyl sites for hydroxylation is 1. The Bertz CT molecular complexity index is 884. The van der Waals surface area contributed by atoms with Crippen LogP contribution >= 0.6 is 0 Å². The van der Waals surface area contributed by atoms with Crippen molar-refractivity contribution in [1.29, 1.82) is 0 Å². The van der Waals surface area contributed by atoms with Crippen LogP contribution in [-0.2, 0) is 13.5 Å². The van der Waals surface area contributed by atoms with Crippen molar-refractivity contribution in [3.63, 3.8) is 0 Å². The predicted octanol–water partition coefficient (Wildman–Crippen LogP) is 1.47. The van der Waals surface area contributed by atoms with Gasteiger partial charge >= 0.3 is 0 Å². The SMILES string of the molecule is Cn1ccc(-c2[nH]ncc2C(=O)N2CCNC(Cc3ccccc3)C2)n1. The quantitative estimate of drug-likeness (QED) is 0.747. The number of carbonyl (C=O) groups excluding carboxylic acids is 1. The molecule has 1 aliphatic rings. The van der Waals surface area contributed by atoms with Crippen LogP contribution < -0.4 is 5.32 Å². The lowest BCUT2D eigenvalue weighted by Gasteiger charge is -2.33. The lowest BCUT2D eigenvalue weighted by molar-refractivity contribution is 0.0703. The van der Waals surface area contributed by atoms with Crippen molar-refractivity contribution in [1.82, 2.24) is 30.2 Å². The van der Waals surface area contributed by atoms with Crippen molar-refractivity contribution in [3.05, 3.63) is 59.9 Å². The number of piperazine rings is 1. The third-order valence-corrected chi connectivity index (χ3v) is 4.71. The van der Waals surface area contributed by atoms with Gasteiger partial charge in [-0.25, -0.2) is 0 Å². The van der Waals surface area contributed by atoms with Gasteiger partial charge in [-0.15, -0.1) is 0 Å². The van der Waals surface area contributed by atoms with Crippen LogP contribution in [0.3, 0.4) is 0 Å².